The molecule has 1 unspecified atom stereocenters. The van der Waals surface area contributed by atoms with Gasteiger partial charge in [-0.05, 0) is 25.7 Å². The van der Waals surface area contributed by atoms with Crippen molar-refractivity contribution in [3.8, 4) is 0 Å². The number of hydrogen-bond donors (Lipinski definition) is 2. The molecule has 2 heterocycles. The Hall–Kier alpha value is -1.57. The van der Waals surface area contributed by atoms with Gasteiger partial charge in [-0.15, -0.1) is 0 Å². The van der Waals surface area contributed by atoms with E-state index in [4.69, 9.17) is 10.8 Å². The Bertz CT molecular complexity index is 467. The molecule has 0 aromatic carbocycles. The van der Waals surface area contributed by atoms with Gasteiger partial charge in [0.1, 0.15) is 5.82 Å². The fourth-order valence-corrected chi connectivity index (χ4v) is 2.51. The maximum Gasteiger partial charge on any atom is 0.433 e. The van der Waals surface area contributed by atoms with E-state index in [1.54, 1.807) is 0 Å². The van der Waals surface area contributed by atoms with Gasteiger partial charge in [0.05, 0.1) is 0 Å². The molecule has 0 aliphatic carbocycles. The largest absolute Gasteiger partial charge is 0.433 e. The van der Waals surface area contributed by atoms with Crippen molar-refractivity contribution in [2.75, 3.05) is 23.8 Å². The number of hydrogen-bond acceptors (Lipinski definition) is 5. The third-order valence-corrected chi connectivity index (χ3v) is 3.39. The average molecular weight is 290 g/mol. The van der Waals surface area contributed by atoms with Crippen molar-refractivity contribution in [3.63, 3.8) is 0 Å². The van der Waals surface area contributed by atoms with Crippen LogP contribution in [0.5, 0.6) is 0 Å². The highest BCUT2D eigenvalue weighted by Crippen LogP contribution is 2.33. The third-order valence-electron chi connectivity index (χ3n) is 3.39. The van der Waals surface area contributed by atoms with E-state index in [1.165, 1.54) is 0 Å². The summed E-state index contributed by atoms with van der Waals surface area (Å²) in [6.07, 6.45) is -1.42. The number of aliphatic hydroxyl groups excluding tert-OH is 1. The summed E-state index contributed by atoms with van der Waals surface area (Å²) >= 11 is 0. The minimum atomic E-state index is -4.54. The summed E-state index contributed by atoms with van der Waals surface area (Å²) < 4.78 is 38.2. The topological polar surface area (TPSA) is 75.3 Å². The standard InChI is InChI=1S/C12H17F3N4O/c13-12(14,15)9-7-10(18-11(16)17-9)19-5-1-3-8(19)4-2-6-20/h7-8,20H,1-6H2,(H2,16,17,18). The summed E-state index contributed by atoms with van der Waals surface area (Å²) in [5.41, 5.74) is 4.36. The molecule has 0 amide bonds. The van der Waals surface area contributed by atoms with Crippen molar-refractivity contribution in [2.45, 2.75) is 37.9 Å². The van der Waals surface area contributed by atoms with E-state index in [-0.39, 0.29) is 24.4 Å². The van der Waals surface area contributed by atoms with Crippen LogP contribution in [0.4, 0.5) is 24.9 Å². The van der Waals surface area contributed by atoms with Crippen LogP contribution in [0.25, 0.3) is 0 Å². The predicted molar refractivity (Wildman–Crippen MR) is 68.1 cm³/mol. The van der Waals surface area contributed by atoms with Gasteiger partial charge in [0.15, 0.2) is 5.69 Å². The van der Waals surface area contributed by atoms with E-state index in [2.05, 4.69) is 9.97 Å². The lowest BCUT2D eigenvalue weighted by atomic mass is 10.1. The number of nitrogens with zero attached hydrogens (tertiary/aromatic N) is 3. The fraction of sp³-hybridized carbons (Fsp3) is 0.667. The Morgan fingerprint density at radius 1 is 1.40 bits per heavy atom. The van der Waals surface area contributed by atoms with Crippen LogP contribution in [0, 0.1) is 0 Å². The maximum atomic E-state index is 12.7. The first-order valence-corrected chi connectivity index (χ1v) is 6.51. The first kappa shape index (κ1) is 14.8. The lowest BCUT2D eigenvalue weighted by Crippen LogP contribution is -2.31. The van der Waals surface area contributed by atoms with Gasteiger partial charge in [0, 0.05) is 25.3 Å². The van der Waals surface area contributed by atoms with Gasteiger partial charge in [0.25, 0.3) is 0 Å². The number of nitrogens with two attached hydrogens (primary N) is 1. The Morgan fingerprint density at radius 2 is 2.15 bits per heavy atom. The Labute approximate surface area is 114 Å². The Kier molecular flexibility index (Phi) is 4.32. The molecule has 0 bridgehead atoms. The van der Waals surface area contributed by atoms with Crippen molar-refractivity contribution in [3.05, 3.63) is 11.8 Å². The smallest absolute Gasteiger partial charge is 0.396 e. The van der Waals surface area contributed by atoms with Crippen LogP contribution >= 0.6 is 0 Å². The van der Waals surface area contributed by atoms with Gasteiger partial charge in [-0.1, -0.05) is 0 Å². The summed E-state index contributed by atoms with van der Waals surface area (Å²) in [6, 6.07) is 1.03. The van der Waals surface area contributed by atoms with Crippen LogP contribution in [0.3, 0.4) is 0 Å². The molecule has 0 radical (unpaired) electrons. The van der Waals surface area contributed by atoms with E-state index in [0.29, 0.717) is 13.0 Å². The van der Waals surface area contributed by atoms with Gasteiger partial charge < -0.3 is 15.7 Å². The summed E-state index contributed by atoms with van der Waals surface area (Å²) in [5, 5.41) is 8.87. The van der Waals surface area contributed by atoms with E-state index in [1.807, 2.05) is 4.90 Å². The molecule has 1 aliphatic rings. The highest BCUT2D eigenvalue weighted by molar-refractivity contribution is 5.46. The highest BCUT2D eigenvalue weighted by Gasteiger charge is 2.35. The van der Waals surface area contributed by atoms with Crippen LogP contribution in [-0.4, -0.2) is 34.3 Å². The van der Waals surface area contributed by atoms with Crippen molar-refractivity contribution in [1.82, 2.24) is 9.97 Å². The molecule has 1 aromatic heterocycles. The lowest BCUT2D eigenvalue weighted by Gasteiger charge is -2.26. The van der Waals surface area contributed by atoms with Crippen molar-refractivity contribution < 1.29 is 18.3 Å². The molecule has 2 rings (SSSR count). The number of rotatable bonds is 4. The molecule has 1 fully saturated rings. The molecule has 1 aromatic rings. The minimum Gasteiger partial charge on any atom is -0.396 e. The van der Waals surface area contributed by atoms with E-state index < -0.39 is 11.9 Å². The van der Waals surface area contributed by atoms with E-state index in [0.717, 1.165) is 25.3 Å². The van der Waals surface area contributed by atoms with Crippen molar-refractivity contribution >= 4 is 11.8 Å². The summed E-state index contributed by atoms with van der Waals surface area (Å²) in [4.78, 5) is 8.98. The molecule has 1 aliphatic heterocycles. The molecular formula is C12H17F3N4O. The summed E-state index contributed by atoms with van der Waals surface area (Å²) in [6.45, 7) is 0.716. The molecule has 5 nitrogen and oxygen atoms in total. The number of aromatic nitrogens is 2. The van der Waals surface area contributed by atoms with Crippen molar-refractivity contribution in [1.29, 1.82) is 0 Å². The predicted octanol–water partition coefficient (Wildman–Crippen LogP) is 1.82. The second-order valence-electron chi connectivity index (χ2n) is 4.82. The number of aliphatic hydroxyl groups is 1. The highest BCUT2D eigenvalue weighted by atomic mass is 19.4. The zero-order valence-electron chi connectivity index (χ0n) is 10.9. The van der Waals surface area contributed by atoms with Crippen LogP contribution < -0.4 is 10.6 Å². The van der Waals surface area contributed by atoms with Gasteiger partial charge in [0.2, 0.25) is 5.95 Å². The summed E-state index contributed by atoms with van der Waals surface area (Å²) in [5.74, 6) is -0.159. The molecule has 1 saturated heterocycles. The minimum absolute atomic E-state index is 0.0735. The third kappa shape index (κ3) is 3.30. The average Bonchev–Trinajstić information content (AvgIpc) is 2.82. The van der Waals surface area contributed by atoms with E-state index in [9.17, 15) is 13.2 Å². The molecular weight excluding hydrogens is 273 g/mol. The number of alkyl halides is 3. The van der Waals surface area contributed by atoms with Gasteiger partial charge in [-0.2, -0.15) is 18.2 Å². The maximum absolute atomic E-state index is 12.7. The molecule has 20 heavy (non-hydrogen) atoms. The molecule has 0 spiro atoms. The van der Waals surface area contributed by atoms with Gasteiger partial charge in [-0.3, -0.25) is 0 Å². The second kappa shape index (κ2) is 5.82. The lowest BCUT2D eigenvalue weighted by molar-refractivity contribution is -0.141. The Morgan fingerprint density at radius 3 is 2.80 bits per heavy atom. The van der Waals surface area contributed by atoms with Crippen molar-refractivity contribution in [2.24, 2.45) is 0 Å². The normalized spacial score (nSPS) is 19.6. The fourth-order valence-electron chi connectivity index (χ4n) is 2.51. The van der Waals surface area contributed by atoms with Gasteiger partial charge >= 0.3 is 6.18 Å². The molecule has 1 atom stereocenters. The first-order chi connectivity index (χ1) is 9.41. The number of anilines is 2. The van der Waals surface area contributed by atoms with Crippen LogP contribution in [0.1, 0.15) is 31.4 Å². The molecule has 0 saturated carbocycles. The van der Waals surface area contributed by atoms with Crippen LogP contribution in [0.2, 0.25) is 0 Å². The SMILES string of the molecule is Nc1nc(N2CCCC2CCCO)cc(C(F)(F)F)n1. The second-order valence-corrected chi connectivity index (χ2v) is 4.82. The number of halogens is 3. The Balaban J connectivity index is 2.25. The van der Waals surface area contributed by atoms with Crippen LogP contribution in [-0.2, 0) is 6.18 Å². The quantitative estimate of drug-likeness (QED) is 0.884. The van der Waals surface area contributed by atoms with Crippen LogP contribution in [0.15, 0.2) is 6.07 Å². The number of nitrogen functional groups attached to an aromatic ring is 1. The van der Waals surface area contributed by atoms with Gasteiger partial charge in [-0.25, -0.2) is 4.98 Å². The molecule has 3 N–H and O–H groups in total. The zero-order valence-corrected chi connectivity index (χ0v) is 10.9. The zero-order chi connectivity index (χ0) is 14.8. The monoisotopic (exact) mass is 290 g/mol. The summed E-state index contributed by atoms with van der Waals surface area (Å²) in [7, 11) is 0. The molecule has 8 heteroatoms. The molecule has 112 valence electrons. The van der Waals surface area contributed by atoms with E-state index >= 15 is 0 Å². The first-order valence-electron chi connectivity index (χ1n) is 6.51.